The first-order chi connectivity index (χ1) is 15.8. The Morgan fingerprint density at radius 1 is 1.12 bits per heavy atom. The second-order valence-corrected chi connectivity index (χ2v) is 7.33. The van der Waals surface area contributed by atoms with E-state index < -0.39 is 14.7 Å². The molecule has 0 unspecified atom stereocenters. The van der Waals surface area contributed by atoms with Crippen LogP contribution in [0.15, 0.2) is 73.3 Å². The Balaban J connectivity index is 0.000000968. The van der Waals surface area contributed by atoms with Crippen LogP contribution in [0.1, 0.15) is 15.9 Å². The van der Waals surface area contributed by atoms with E-state index in [0.29, 0.717) is 28.1 Å². The van der Waals surface area contributed by atoms with E-state index in [9.17, 15) is 10.0 Å². The molecule has 0 atom stereocenters. The van der Waals surface area contributed by atoms with E-state index in [1.54, 1.807) is 54.6 Å². The number of fused-ring (bicyclic) bond motifs is 1. The van der Waals surface area contributed by atoms with Gasteiger partial charge in [0.05, 0.1) is 0 Å². The van der Waals surface area contributed by atoms with E-state index in [-0.39, 0.29) is 5.91 Å². The molecule has 0 aliphatic carbocycles. The number of carbonyl (C=O) groups excluding carboxylic acids is 1. The number of benzene rings is 3. The van der Waals surface area contributed by atoms with Crippen molar-refractivity contribution in [2.45, 2.75) is 0 Å². The molecule has 3 aromatic carbocycles. The number of carbonyl (C=O) groups is 1. The summed E-state index contributed by atoms with van der Waals surface area (Å²) in [5, 5.41) is 13.2. The van der Waals surface area contributed by atoms with Crippen molar-refractivity contribution < 1.29 is 32.8 Å². The summed E-state index contributed by atoms with van der Waals surface area (Å²) in [6, 6.07) is 22.6. The van der Waals surface area contributed by atoms with Crippen LogP contribution in [0.5, 0.6) is 0 Å². The Labute approximate surface area is 197 Å². The van der Waals surface area contributed by atoms with Crippen molar-refractivity contribution in [2.75, 3.05) is 19.4 Å². The molecule has 0 radical (unpaired) electrons. The van der Waals surface area contributed by atoms with Crippen molar-refractivity contribution in [3.8, 4) is 11.4 Å². The molecule has 1 heterocycles. The third kappa shape index (κ3) is 5.52. The van der Waals surface area contributed by atoms with Crippen molar-refractivity contribution >= 4 is 28.3 Å². The molecule has 0 saturated carbocycles. The number of imidazole rings is 1. The fourth-order valence-corrected chi connectivity index (χ4v) is 3.12. The molecule has 0 aliphatic rings. The van der Waals surface area contributed by atoms with E-state index in [2.05, 4.69) is 22.9 Å². The zero-order valence-electron chi connectivity index (χ0n) is 17.9. The van der Waals surface area contributed by atoms with Crippen LogP contribution in [-0.4, -0.2) is 39.8 Å². The summed E-state index contributed by atoms with van der Waals surface area (Å²) in [5.41, 5.74) is 5.06. The Morgan fingerprint density at radius 3 is 2.30 bits per heavy atom. The molecule has 4 rings (SSSR count). The van der Waals surface area contributed by atoms with Crippen LogP contribution in [0.25, 0.3) is 28.1 Å². The molecule has 0 bridgehead atoms. The molecule has 8 nitrogen and oxygen atoms in total. The summed E-state index contributed by atoms with van der Waals surface area (Å²) in [7, 11) is 3.85. The van der Waals surface area contributed by atoms with Crippen LogP contribution >= 0.6 is 0 Å². The van der Waals surface area contributed by atoms with Crippen LogP contribution in [0.4, 0.5) is 5.69 Å². The van der Waals surface area contributed by atoms with Crippen molar-refractivity contribution in [3.05, 3.63) is 90.5 Å². The predicted octanol–water partition coefficient (Wildman–Crippen LogP) is 3.22. The fraction of sp³-hybridized carbons (Fsp3) is 0.0833. The minimum absolute atomic E-state index is 0.199. The molecule has 0 saturated heterocycles. The number of aromatic nitrogens is 2. The van der Waals surface area contributed by atoms with Gasteiger partial charge in [-0.05, 0) is 53.0 Å². The standard InChI is InChI=1S/C24H21N4O2.Ni.2O/c1-16(27(2)3)17-8-10-19(11-9-17)24(29)25-20-14-12-18(13-15-20)23-26-21-6-4-5-7-22(21)28(23)30;;;/h4,6-15,30H,1H2,2-3H3,(H,25,29);;;/q-1;;;-1. The topological polar surface area (TPSA) is 111 Å². The summed E-state index contributed by atoms with van der Waals surface area (Å²) < 4.78 is 17.7. The molecule has 1 aromatic heterocycles. The fourth-order valence-electron chi connectivity index (χ4n) is 3.12. The van der Waals surface area contributed by atoms with E-state index in [1.165, 1.54) is 0 Å². The second kappa shape index (κ2) is 10.7. The molecular weight excluding hydrogens is 467 g/mol. The third-order valence-electron chi connectivity index (χ3n) is 4.90. The zero-order valence-corrected chi connectivity index (χ0v) is 18.9. The molecular formula is C24H21N4NiO4-2. The average Bonchev–Trinajstić information content (AvgIpc) is 3.16. The monoisotopic (exact) mass is 487 g/mol. The number of amides is 1. The van der Waals surface area contributed by atoms with Gasteiger partial charge in [0.2, 0.25) is 0 Å². The van der Waals surface area contributed by atoms with Gasteiger partial charge in [-0.2, -0.15) is 12.1 Å². The van der Waals surface area contributed by atoms with Crippen LogP contribution in [0.2, 0.25) is 0 Å². The normalized spacial score (nSPS) is 10.4. The first-order valence-electron chi connectivity index (χ1n) is 9.66. The van der Waals surface area contributed by atoms with Gasteiger partial charge in [-0.1, -0.05) is 18.7 Å². The average molecular weight is 488 g/mol. The first kappa shape index (κ1) is 23.8. The van der Waals surface area contributed by atoms with Gasteiger partial charge in [-0.15, -0.1) is 12.1 Å². The number of rotatable bonds is 5. The van der Waals surface area contributed by atoms with Gasteiger partial charge >= 0.3 is 22.8 Å². The zero-order chi connectivity index (χ0) is 24.0. The maximum atomic E-state index is 12.6. The molecule has 1 amide bonds. The van der Waals surface area contributed by atoms with E-state index in [0.717, 1.165) is 21.6 Å². The van der Waals surface area contributed by atoms with E-state index in [1.807, 2.05) is 31.1 Å². The van der Waals surface area contributed by atoms with Gasteiger partial charge in [0.25, 0.3) is 5.91 Å². The quantitative estimate of drug-likeness (QED) is 0.254. The minimum atomic E-state index is -0.875. The summed E-state index contributed by atoms with van der Waals surface area (Å²) in [4.78, 5) is 18.9. The van der Waals surface area contributed by atoms with Crippen molar-refractivity contribution in [3.63, 3.8) is 0 Å². The molecule has 0 aliphatic heterocycles. The van der Waals surface area contributed by atoms with Gasteiger partial charge in [0.1, 0.15) is 0 Å². The number of hydrogen-bond acceptors (Lipinski definition) is 6. The molecule has 4 aromatic rings. The number of hydrogen-bond donors (Lipinski definition) is 2. The molecule has 0 fully saturated rings. The Bertz CT molecular complexity index is 1280. The summed E-state index contributed by atoms with van der Waals surface area (Å²) >= 11 is -0.875. The van der Waals surface area contributed by atoms with Crippen molar-refractivity contribution in [1.29, 1.82) is 0 Å². The van der Waals surface area contributed by atoms with Gasteiger partial charge in [-0.25, -0.2) is 4.73 Å². The summed E-state index contributed by atoms with van der Waals surface area (Å²) in [6.45, 7) is 4.02. The van der Waals surface area contributed by atoms with Crippen LogP contribution in [-0.2, 0) is 18.6 Å². The van der Waals surface area contributed by atoms with Crippen molar-refractivity contribution in [1.82, 2.24) is 14.6 Å². The van der Waals surface area contributed by atoms with E-state index in [4.69, 9.17) is 8.15 Å². The summed E-state index contributed by atoms with van der Waals surface area (Å²) in [5.74, 6) is 0.230. The number of nitrogens with zero attached hydrogens (tertiary/aromatic N) is 3. The Hall–Kier alpha value is -3.81. The second-order valence-electron chi connectivity index (χ2n) is 7.16. The van der Waals surface area contributed by atoms with Gasteiger partial charge < -0.3 is 15.4 Å². The number of anilines is 1. The van der Waals surface area contributed by atoms with Crippen LogP contribution < -0.4 is 9.57 Å². The molecule has 33 heavy (non-hydrogen) atoms. The van der Waals surface area contributed by atoms with E-state index >= 15 is 0 Å². The van der Waals surface area contributed by atoms with Crippen LogP contribution in [0.3, 0.4) is 0 Å². The molecule has 173 valence electrons. The van der Waals surface area contributed by atoms with Crippen LogP contribution in [0, 0.1) is 6.07 Å². The first-order valence-corrected chi connectivity index (χ1v) is 10.5. The Morgan fingerprint density at radius 2 is 1.73 bits per heavy atom. The molecule has 9 heteroatoms. The SMILES string of the molecule is C=C(c1ccc(C(=O)Nc2ccc(-c3nc4cc[c-]cc4n3O)cc2)cc1)N(C)C.[O]=[Ni][O-]. The summed E-state index contributed by atoms with van der Waals surface area (Å²) in [6.07, 6.45) is 0. The Kier molecular flexibility index (Phi) is 7.71. The van der Waals surface area contributed by atoms with Gasteiger partial charge in [0, 0.05) is 36.6 Å². The molecule has 2 N–H and O–H groups in total. The molecule has 0 spiro atoms. The number of nitrogens with one attached hydrogen (secondary N) is 1. The van der Waals surface area contributed by atoms with Gasteiger partial charge in [-0.3, -0.25) is 9.78 Å². The predicted molar refractivity (Wildman–Crippen MR) is 119 cm³/mol. The third-order valence-corrected chi connectivity index (χ3v) is 4.90. The maximum absolute atomic E-state index is 12.6. The van der Waals surface area contributed by atoms with Gasteiger partial charge in [0.15, 0.2) is 5.82 Å². The van der Waals surface area contributed by atoms with Crippen molar-refractivity contribution in [2.24, 2.45) is 0 Å².